The summed E-state index contributed by atoms with van der Waals surface area (Å²) < 4.78 is 0.912. The maximum Gasteiger partial charge on any atom is 0.0642 e. The van der Waals surface area contributed by atoms with Crippen LogP contribution in [0, 0.1) is 11.3 Å². The number of pyridine rings is 1. The first-order valence-electron chi connectivity index (χ1n) is 3.48. The van der Waals surface area contributed by atoms with E-state index >= 15 is 0 Å². The molecule has 3 nitrogen and oxygen atoms in total. The van der Waals surface area contributed by atoms with Gasteiger partial charge in [0.15, 0.2) is 0 Å². The van der Waals surface area contributed by atoms with Crippen LogP contribution in [0.3, 0.4) is 0 Å². The first-order valence-corrected chi connectivity index (χ1v) is 4.27. The molecule has 0 aliphatic carbocycles. The second-order valence-electron chi connectivity index (χ2n) is 2.37. The van der Waals surface area contributed by atoms with Gasteiger partial charge in [-0.3, -0.25) is 4.98 Å². The van der Waals surface area contributed by atoms with Gasteiger partial charge in [-0.25, -0.2) is 0 Å². The number of halogens is 2. The Morgan fingerprint density at radius 2 is 2.31 bits per heavy atom. The SMILES string of the molecule is Cl.N#CC[C@H](N)c1ccc(Br)cn1. The lowest BCUT2D eigenvalue weighted by molar-refractivity contribution is 0.719. The van der Waals surface area contributed by atoms with Crippen molar-refractivity contribution in [1.29, 1.82) is 5.26 Å². The molecule has 1 aromatic rings. The van der Waals surface area contributed by atoms with E-state index in [1.807, 2.05) is 18.2 Å². The van der Waals surface area contributed by atoms with E-state index in [4.69, 9.17) is 11.0 Å². The van der Waals surface area contributed by atoms with Crippen LogP contribution < -0.4 is 5.73 Å². The fraction of sp³-hybridized carbons (Fsp3) is 0.250. The Bertz CT molecular complexity index is 293. The third kappa shape index (κ3) is 3.73. The average molecular weight is 263 g/mol. The van der Waals surface area contributed by atoms with Gasteiger partial charge in [-0.05, 0) is 28.1 Å². The van der Waals surface area contributed by atoms with Crippen molar-refractivity contribution in [3.63, 3.8) is 0 Å². The monoisotopic (exact) mass is 261 g/mol. The van der Waals surface area contributed by atoms with E-state index in [0.717, 1.165) is 10.2 Å². The topological polar surface area (TPSA) is 62.7 Å². The number of nitrogens with zero attached hydrogens (tertiary/aromatic N) is 2. The number of rotatable bonds is 2. The zero-order valence-corrected chi connectivity index (χ0v) is 9.18. The molecular formula is C8H9BrClN3. The smallest absolute Gasteiger partial charge is 0.0642 e. The van der Waals surface area contributed by atoms with Crippen LogP contribution in [0.25, 0.3) is 0 Å². The number of nitriles is 1. The minimum atomic E-state index is -0.275. The van der Waals surface area contributed by atoms with Crippen LogP contribution in [0.5, 0.6) is 0 Å². The molecule has 0 aromatic carbocycles. The van der Waals surface area contributed by atoms with Crippen molar-refractivity contribution in [3.8, 4) is 6.07 Å². The van der Waals surface area contributed by atoms with Crippen LogP contribution in [-0.2, 0) is 0 Å². The standard InChI is InChI=1S/C8H8BrN3.ClH/c9-6-1-2-8(12-5-6)7(11)3-4-10;/h1-2,5,7H,3,11H2;1H/t7-;/m0./s1. The van der Waals surface area contributed by atoms with Gasteiger partial charge >= 0.3 is 0 Å². The van der Waals surface area contributed by atoms with Gasteiger partial charge in [-0.1, -0.05) is 0 Å². The third-order valence-electron chi connectivity index (χ3n) is 1.44. The second-order valence-corrected chi connectivity index (χ2v) is 3.29. The Kier molecular flexibility index (Phi) is 5.63. The first kappa shape index (κ1) is 12.4. The highest BCUT2D eigenvalue weighted by Crippen LogP contribution is 2.13. The molecule has 70 valence electrons. The van der Waals surface area contributed by atoms with Crippen molar-refractivity contribution in [3.05, 3.63) is 28.5 Å². The van der Waals surface area contributed by atoms with Crippen LogP contribution in [0.1, 0.15) is 18.2 Å². The summed E-state index contributed by atoms with van der Waals surface area (Å²) in [5.41, 5.74) is 6.41. The fourth-order valence-electron chi connectivity index (χ4n) is 0.810. The van der Waals surface area contributed by atoms with E-state index in [-0.39, 0.29) is 18.4 Å². The minimum Gasteiger partial charge on any atom is -0.322 e. The Morgan fingerprint density at radius 1 is 1.62 bits per heavy atom. The molecule has 0 saturated heterocycles. The van der Waals surface area contributed by atoms with Crippen molar-refractivity contribution in [1.82, 2.24) is 4.98 Å². The predicted molar refractivity (Wildman–Crippen MR) is 56.3 cm³/mol. The van der Waals surface area contributed by atoms with Gasteiger partial charge in [-0.2, -0.15) is 5.26 Å². The normalized spacial score (nSPS) is 11.2. The highest BCUT2D eigenvalue weighted by atomic mass is 79.9. The van der Waals surface area contributed by atoms with Crippen LogP contribution in [-0.4, -0.2) is 4.98 Å². The van der Waals surface area contributed by atoms with Gasteiger partial charge in [-0.15, -0.1) is 12.4 Å². The number of nitrogens with two attached hydrogens (primary N) is 1. The Balaban J connectivity index is 0.00000144. The molecular weight excluding hydrogens is 253 g/mol. The van der Waals surface area contributed by atoms with Gasteiger partial charge in [0.1, 0.15) is 0 Å². The summed E-state index contributed by atoms with van der Waals surface area (Å²) >= 11 is 3.27. The fourth-order valence-corrected chi connectivity index (χ4v) is 1.04. The van der Waals surface area contributed by atoms with Gasteiger partial charge < -0.3 is 5.73 Å². The molecule has 0 bridgehead atoms. The Labute approximate surface area is 91.5 Å². The van der Waals surface area contributed by atoms with E-state index in [0.29, 0.717) is 6.42 Å². The van der Waals surface area contributed by atoms with Crippen molar-refractivity contribution in [2.45, 2.75) is 12.5 Å². The number of hydrogen-bond acceptors (Lipinski definition) is 3. The minimum absolute atomic E-state index is 0. The van der Waals surface area contributed by atoms with Gasteiger partial charge in [0.25, 0.3) is 0 Å². The molecule has 1 rings (SSSR count). The predicted octanol–water partition coefficient (Wildman–Crippen LogP) is 2.18. The van der Waals surface area contributed by atoms with Gasteiger partial charge in [0.05, 0.1) is 24.2 Å². The lowest BCUT2D eigenvalue weighted by Crippen LogP contribution is -2.10. The number of hydrogen-bond donors (Lipinski definition) is 1. The van der Waals surface area contributed by atoms with E-state index in [1.165, 1.54) is 0 Å². The molecule has 0 spiro atoms. The first-order chi connectivity index (χ1) is 5.74. The molecule has 0 aliphatic heterocycles. The van der Waals surface area contributed by atoms with Gasteiger partial charge in [0.2, 0.25) is 0 Å². The zero-order chi connectivity index (χ0) is 8.97. The maximum atomic E-state index is 8.39. The maximum absolute atomic E-state index is 8.39. The zero-order valence-electron chi connectivity index (χ0n) is 6.77. The lowest BCUT2D eigenvalue weighted by Gasteiger charge is -2.05. The third-order valence-corrected chi connectivity index (χ3v) is 1.91. The highest BCUT2D eigenvalue weighted by molar-refractivity contribution is 9.10. The summed E-state index contributed by atoms with van der Waals surface area (Å²) in [5.74, 6) is 0. The molecule has 1 aromatic heterocycles. The summed E-state index contributed by atoms with van der Waals surface area (Å²) in [5, 5.41) is 8.39. The van der Waals surface area contributed by atoms with Crippen LogP contribution in [0.4, 0.5) is 0 Å². The summed E-state index contributed by atoms with van der Waals surface area (Å²) in [7, 11) is 0. The largest absolute Gasteiger partial charge is 0.322 e. The van der Waals surface area contributed by atoms with E-state index in [2.05, 4.69) is 20.9 Å². The number of aromatic nitrogens is 1. The van der Waals surface area contributed by atoms with Crippen LogP contribution in [0.2, 0.25) is 0 Å². The summed E-state index contributed by atoms with van der Waals surface area (Å²) in [6.07, 6.45) is 1.97. The quantitative estimate of drug-likeness (QED) is 0.888. The molecule has 0 saturated carbocycles. The molecule has 0 fully saturated rings. The summed E-state index contributed by atoms with van der Waals surface area (Å²) in [4.78, 5) is 4.07. The molecule has 0 unspecified atom stereocenters. The van der Waals surface area contributed by atoms with Gasteiger partial charge in [0, 0.05) is 10.7 Å². The molecule has 0 aliphatic rings. The molecule has 0 radical (unpaired) electrons. The summed E-state index contributed by atoms with van der Waals surface area (Å²) in [6, 6.07) is 5.40. The molecule has 0 amide bonds. The molecule has 1 atom stereocenters. The summed E-state index contributed by atoms with van der Waals surface area (Å²) in [6.45, 7) is 0. The molecule has 2 N–H and O–H groups in total. The van der Waals surface area contributed by atoms with E-state index in [9.17, 15) is 0 Å². The van der Waals surface area contributed by atoms with Crippen molar-refractivity contribution < 1.29 is 0 Å². The Hall–Kier alpha value is -0.630. The van der Waals surface area contributed by atoms with Crippen molar-refractivity contribution >= 4 is 28.3 Å². The van der Waals surface area contributed by atoms with Crippen molar-refractivity contribution in [2.24, 2.45) is 5.73 Å². The van der Waals surface area contributed by atoms with Crippen LogP contribution >= 0.6 is 28.3 Å². The van der Waals surface area contributed by atoms with E-state index in [1.54, 1.807) is 6.20 Å². The Morgan fingerprint density at radius 3 is 2.77 bits per heavy atom. The average Bonchev–Trinajstić information content (AvgIpc) is 2.06. The molecule has 1 heterocycles. The second kappa shape index (κ2) is 5.92. The molecule has 5 heteroatoms. The lowest BCUT2D eigenvalue weighted by atomic mass is 10.1. The molecule has 13 heavy (non-hydrogen) atoms. The van der Waals surface area contributed by atoms with Crippen LogP contribution in [0.15, 0.2) is 22.8 Å². The van der Waals surface area contributed by atoms with E-state index < -0.39 is 0 Å². The highest BCUT2D eigenvalue weighted by Gasteiger charge is 2.05. The van der Waals surface area contributed by atoms with Crippen molar-refractivity contribution in [2.75, 3.05) is 0 Å².